The van der Waals surface area contributed by atoms with Gasteiger partial charge in [-0.15, -0.1) is 0 Å². The molecule has 1 aromatic heterocycles. The Morgan fingerprint density at radius 1 is 0.971 bits per heavy atom. The number of carbonyl (C=O) groups excluding carboxylic acids is 3. The van der Waals surface area contributed by atoms with Crippen LogP contribution in [-0.4, -0.2) is 46.3 Å². The molecule has 0 saturated heterocycles. The highest BCUT2D eigenvalue weighted by Gasteiger charge is 2.28. The fraction of sp³-hybridized carbons (Fsp3) is 0.542. The Morgan fingerprint density at radius 2 is 1.62 bits per heavy atom. The Labute approximate surface area is 197 Å². The van der Waals surface area contributed by atoms with Gasteiger partial charge in [0.25, 0.3) is 5.91 Å². The number of aromatic nitrogens is 2. The van der Waals surface area contributed by atoms with Gasteiger partial charge in [-0.2, -0.15) is 0 Å². The second kappa shape index (κ2) is 11.1. The molecule has 0 bridgehead atoms. The van der Waals surface area contributed by atoms with Gasteiger partial charge in [0, 0.05) is 25.1 Å². The number of H-pyrrole nitrogens is 2. The van der Waals surface area contributed by atoms with E-state index in [1.165, 1.54) is 13.0 Å². The number of carbonyl (C=O) groups is 3. The highest BCUT2D eigenvalue weighted by Crippen LogP contribution is 2.26. The van der Waals surface area contributed by atoms with Crippen molar-refractivity contribution in [2.75, 3.05) is 6.54 Å². The van der Waals surface area contributed by atoms with Crippen LogP contribution in [0.4, 0.5) is 0 Å². The molecule has 0 radical (unpaired) electrons. The van der Waals surface area contributed by atoms with Gasteiger partial charge in [-0.1, -0.05) is 33.1 Å². The maximum absolute atomic E-state index is 13.1. The first-order chi connectivity index (χ1) is 16.2. The van der Waals surface area contributed by atoms with Crippen molar-refractivity contribution < 1.29 is 14.4 Å². The summed E-state index contributed by atoms with van der Waals surface area (Å²) in [6, 6.07) is 3.73. The van der Waals surface area contributed by atoms with E-state index in [1.807, 2.05) is 13.8 Å². The highest BCUT2D eigenvalue weighted by molar-refractivity contribution is 5.97. The molecule has 10 heteroatoms. The third-order valence-corrected chi connectivity index (χ3v) is 6.32. The first-order valence-corrected chi connectivity index (χ1v) is 11.8. The van der Waals surface area contributed by atoms with Crippen LogP contribution in [0, 0.1) is 11.8 Å². The lowest BCUT2D eigenvalue weighted by Gasteiger charge is -2.32. The maximum Gasteiger partial charge on any atom is 0.314 e. The number of aromatic amines is 2. The summed E-state index contributed by atoms with van der Waals surface area (Å²) in [5.74, 6) is -0.763. The molecule has 2 unspecified atom stereocenters. The fourth-order valence-corrected chi connectivity index (χ4v) is 4.45. The van der Waals surface area contributed by atoms with Crippen LogP contribution in [-0.2, 0) is 9.59 Å². The van der Waals surface area contributed by atoms with Crippen LogP contribution in [0.2, 0.25) is 0 Å². The van der Waals surface area contributed by atoms with Crippen LogP contribution in [0.25, 0.3) is 11.0 Å². The van der Waals surface area contributed by atoms with Crippen molar-refractivity contribution in [3.05, 3.63) is 44.5 Å². The zero-order valence-electron chi connectivity index (χ0n) is 19.8. The van der Waals surface area contributed by atoms with Crippen molar-refractivity contribution in [1.82, 2.24) is 25.9 Å². The first kappa shape index (κ1) is 25.2. The SMILES string of the molecule is CC(=O)NC(C(=O)NCC(NC(=O)c1ccc2[nH]c(=O)c(=O)[nH]c2c1)C1CCCCC1)C(C)C. The van der Waals surface area contributed by atoms with E-state index in [0.29, 0.717) is 16.6 Å². The van der Waals surface area contributed by atoms with E-state index in [2.05, 4.69) is 25.9 Å². The second-order valence-electron chi connectivity index (χ2n) is 9.31. The predicted octanol–water partition coefficient (Wildman–Crippen LogP) is 1.17. The molecule has 1 aromatic carbocycles. The van der Waals surface area contributed by atoms with Crippen molar-refractivity contribution in [2.45, 2.75) is 65.0 Å². The Kier molecular flexibility index (Phi) is 8.25. The predicted molar refractivity (Wildman–Crippen MR) is 128 cm³/mol. The zero-order chi connectivity index (χ0) is 24.8. The quantitative estimate of drug-likeness (QED) is 0.366. The van der Waals surface area contributed by atoms with E-state index in [1.54, 1.807) is 12.1 Å². The number of hydrogen-bond acceptors (Lipinski definition) is 5. The van der Waals surface area contributed by atoms with Gasteiger partial charge in [0.05, 0.1) is 11.0 Å². The van der Waals surface area contributed by atoms with Gasteiger partial charge in [-0.3, -0.25) is 24.0 Å². The Hall–Kier alpha value is -3.43. The number of amides is 3. The van der Waals surface area contributed by atoms with Crippen molar-refractivity contribution >= 4 is 28.8 Å². The molecule has 34 heavy (non-hydrogen) atoms. The number of hydrogen-bond donors (Lipinski definition) is 5. The summed E-state index contributed by atoms with van der Waals surface area (Å²) in [6.07, 6.45) is 5.18. The summed E-state index contributed by atoms with van der Waals surface area (Å²) >= 11 is 0. The molecule has 3 amide bonds. The van der Waals surface area contributed by atoms with Gasteiger partial charge in [0.1, 0.15) is 6.04 Å². The molecule has 1 aliphatic rings. The van der Waals surface area contributed by atoms with Crippen LogP contribution in [0.3, 0.4) is 0 Å². The molecule has 2 aromatic rings. The van der Waals surface area contributed by atoms with E-state index in [-0.39, 0.29) is 42.1 Å². The van der Waals surface area contributed by atoms with E-state index in [9.17, 15) is 24.0 Å². The van der Waals surface area contributed by atoms with Crippen molar-refractivity contribution in [3.8, 4) is 0 Å². The zero-order valence-corrected chi connectivity index (χ0v) is 19.8. The first-order valence-electron chi connectivity index (χ1n) is 11.8. The summed E-state index contributed by atoms with van der Waals surface area (Å²) in [7, 11) is 0. The average Bonchev–Trinajstić information content (AvgIpc) is 2.80. The van der Waals surface area contributed by atoms with Gasteiger partial charge >= 0.3 is 11.1 Å². The maximum atomic E-state index is 13.1. The molecule has 1 fully saturated rings. The van der Waals surface area contributed by atoms with Gasteiger partial charge in [0.15, 0.2) is 0 Å². The summed E-state index contributed by atoms with van der Waals surface area (Å²) in [4.78, 5) is 65.5. The summed E-state index contributed by atoms with van der Waals surface area (Å²) < 4.78 is 0. The van der Waals surface area contributed by atoms with Gasteiger partial charge in [-0.05, 0) is 42.9 Å². The topological polar surface area (TPSA) is 153 Å². The van der Waals surface area contributed by atoms with E-state index >= 15 is 0 Å². The average molecular weight is 472 g/mol. The largest absolute Gasteiger partial charge is 0.352 e. The second-order valence-corrected chi connectivity index (χ2v) is 9.31. The normalized spacial score (nSPS) is 16.1. The van der Waals surface area contributed by atoms with Crippen LogP contribution >= 0.6 is 0 Å². The third-order valence-electron chi connectivity index (χ3n) is 6.32. The lowest BCUT2D eigenvalue weighted by atomic mass is 9.83. The lowest BCUT2D eigenvalue weighted by molar-refractivity contribution is -0.129. The molecule has 5 N–H and O–H groups in total. The summed E-state index contributed by atoms with van der Waals surface area (Å²) in [6.45, 7) is 5.34. The van der Waals surface area contributed by atoms with Gasteiger partial charge in [0.2, 0.25) is 11.8 Å². The third kappa shape index (κ3) is 6.33. The summed E-state index contributed by atoms with van der Waals surface area (Å²) in [5, 5.41) is 8.65. The molecule has 1 heterocycles. The van der Waals surface area contributed by atoms with Gasteiger partial charge in [-0.25, -0.2) is 0 Å². The molecule has 184 valence electrons. The number of benzene rings is 1. The summed E-state index contributed by atoms with van der Waals surface area (Å²) in [5.41, 5.74) is -0.422. The van der Waals surface area contributed by atoms with Crippen LogP contribution in [0.1, 0.15) is 63.2 Å². The van der Waals surface area contributed by atoms with Crippen LogP contribution in [0.15, 0.2) is 27.8 Å². The monoisotopic (exact) mass is 471 g/mol. The Bertz CT molecular complexity index is 1160. The highest BCUT2D eigenvalue weighted by atomic mass is 16.2. The molecular weight excluding hydrogens is 438 g/mol. The van der Waals surface area contributed by atoms with Crippen LogP contribution < -0.4 is 27.1 Å². The minimum Gasteiger partial charge on any atom is -0.352 e. The number of fused-ring (bicyclic) bond motifs is 1. The molecule has 2 atom stereocenters. The molecule has 10 nitrogen and oxygen atoms in total. The lowest BCUT2D eigenvalue weighted by Crippen LogP contribution is -2.54. The standard InChI is InChI=1S/C24H33N5O5/c1-13(2)20(26-14(3)30)22(32)25-12-19(15-7-5-4-6-8-15)29-21(31)16-9-10-17-18(11-16)28-24(34)23(33)27-17/h9-11,13,15,19-20H,4-8,12H2,1-3H3,(H,25,32)(H,26,30)(H,27,33)(H,28,34)(H,29,31). The van der Waals surface area contributed by atoms with Crippen molar-refractivity contribution in [1.29, 1.82) is 0 Å². The van der Waals surface area contributed by atoms with Crippen LogP contribution in [0.5, 0.6) is 0 Å². The molecule has 0 spiro atoms. The van der Waals surface area contributed by atoms with E-state index in [4.69, 9.17) is 0 Å². The fourth-order valence-electron chi connectivity index (χ4n) is 4.45. The molecular formula is C24H33N5O5. The number of rotatable bonds is 8. The Morgan fingerprint density at radius 3 is 2.24 bits per heavy atom. The van der Waals surface area contributed by atoms with Gasteiger partial charge < -0.3 is 25.9 Å². The van der Waals surface area contributed by atoms with Crippen molar-refractivity contribution in [2.24, 2.45) is 11.8 Å². The minimum atomic E-state index is -0.785. The smallest absolute Gasteiger partial charge is 0.314 e. The van der Waals surface area contributed by atoms with Crippen molar-refractivity contribution in [3.63, 3.8) is 0 Å². The minimum absolute atomic E-state index is 0.0854. The van der Waals surface area contributed by atoms with E-state index in [0.717, 1.165) is 32.1 Å². The molecule has 1 aliphatic carbocycles. The number of nitrogens with one attached hydrogen (secondary N) is 5. The van der Waals surface area contributed by atoms with E-state index < -0.39 is 17.2 Å². The molecule has 3 rings (SSSR count). The molecule has 0 aliphatic heterocycles. The Balaban J connectivity index is 1.76. The molecule has 1 saturated carbocycles.